The summed E-state index contributed by atoms with van der Waals surface area (Å²) in [5.41, 5.74) is 1.91. The van der Waals surface area contributed by atoms with Crippen molar-refractivity contribution in [1.82, 2.24) is 9.97 Å². The molecular weight excluding hydrogens is 257 g/mol. The van der Waals surface area contributed by atoms with Crippen LogP contribution in [0, 0.1) is 13.8 Å². The Morgan fingerprint density at radius 2 is 1.82 bits per heavy atom. The van der Waals surface area contributed by atoms with E-state index in [1.165, 1.54) is 0 Å². The Bertz CT molecular complexity index is 535. The van der Waals surface area contributed by atoms with Gasteiger partial charge in [-0.25, -0.2) is 9.97 Å². The molecule has 0 radical (unpaired) electrons. The van der Waals surface area contributed by atoms with Crippen molar-refractivity contribution in [3.05, 3.63) is 45.8 Å². The first-order valence-electron chi connectivity index (χ1n) is 5.09. The summed E-state index contributed by atoms with van der Waals surface area (Å²) in [6.45, 7) is 3.77. The Labute approximate surface area is 110 Å². The van der Waals surface area contributed by atoms with Crippen LogP contribution in [0.3, 0.4) is 0 Å². The highest BCUT2D eigenvalue weighted by molar-refractivity contribution is 6.33. The third kappa shape index (κ3) is 3.08. The van der Waals surface area contributed by atoms with Crippen LogP contribution >= 0.6 is 23.2 Å². The van der Waals surface area contributed by atoms with E-state index in [1.54, 1.807) is 13.0 Å². The van der Waals surface area contributed by atoms with E-state index in [1.807, 2.05) is 25.1 Å². The molecule has 0 bridgehead atoms. The number of nitrogens with one attached hydrogen (secondary N) is 1. The van der Waals surface area contributed by atoms with E-state index >= 15 is 0 Å². The molecule has 0 saturated carbocycles. The number of aromatic nitrogens is 2. The Morgan fingerprint density at radius 1 is 1.06 bits per heavy atom. The summed E-state index contributed by atoms with van der Waals surface area (Å²) in [6, 6.07) is 7.43. The SMILES string of the molecule is Cc1ccc(Nc2cc(Cl)nc(C)n2)c(Cl)c1. The molecule has 17 heavy (non-hydrogen) atoms. The second kappa shape index (κ2) is 4.90. The van der Waals surface area contributed by atoms with Crippen LogP contribution in [0.25, 0.3) is 0 Å². The molecule has 2 aromatic rings. The van der Waals surface area contributed by atoms with Gasteiger partial charge in [-0.05, 0) is 31.5 Å². The predicted molar refractivity (Wildman–Crippen MR) is 71.3 cm³/mol. The molecule has 0 fully saturated rings. The number of hydrogen-bond acceptors (Lipinski definition) is 3. The average Bonchev–Trinajstić information content (AvgIpc) is 2.21. The molecule has 2 rings (SSSR count). The van der Waals surface area contributed by atoms with Crippen molar-refractivity contribution in [2.45, 2.75) is 13.8 Å². The third-order valence-corrected chi connectivity index (χ3v) is 2.70. The van der Waals surface area contributed by atoms with E-state index in [9.17, 15) is 0 Å². The van der Waals surface area contributed by atoms with Crippen molar-refractivity contribution in [3.63, 3.8) is 0 Å². The standard InChI is InChI=1S/C12H11Cl2N3/c1-7-3-4-10(9(13)5-7)17-12-6-11(14)15-8(2)16-12/h3-6H,1-2H3,(H,15,16,17). The van der Waals surface area contributed by atoms with E-state index in [0.29, 0.717) is 21.8 Å². The molecule has 1 aromatic heterocycles. The van der Waals surface area contributed by atoms with Crippen LogP contribution in [0.1, 0.15) is 11.4 Å². The normalized spacial score (nSPS) is 10.4. The Balaban J connectivity index is 2.31. The first-order chi connectivity index (χ1) is 8.04. The zero-order valence-corrected chi connectivity index (χ0v) is 11.0. The van der Waals surface area contributed by atoms with Crippen molar-refractivity contribution in [3.8, 4) is 0 Å². The van der Waals surface area contributed by atoms with Crippen LogP contribution < -0.4 is 5.32 Å². The van der Waals surface area contributed by atoms with E-state index in [-0.39, 0.29) is 0 Å². The van der Waals surface area contributed by atoms with E-state index in [4.69, 9.17) is 23.2 Å². The molecule has 1 heterocycles. The molecule has 0 aliphatic rings. The van der Waals surface area contributed by atoms with E-state index in [0.717, 1.165) is 11.3 Å². The second-order valence-electron chi connectivity index (χ2n) is 3.73. The maximum absolute atomic E-state index is 6.12. The van der Waals surface area contributed by atoms with Crippen LogP contribution in [0.4, 0.5) is 11.5 Å². The Kier molecular flexibility index (Phi) is 3.50. The number of nitrogens with zero attached hydrogens (tertiary/aromatic N) is 2. The van der Waals surface area contributed by atoms with Gasteiger partial charge in [-0.2, -0.15) is 0 Å². The smallest absolute Gasteiger partial charge is 0.135 e. The van der Waals surface area contributed by atoms with Crippen LogP contribution in [-0.4, -0.2) is 9.97 Å². The van der Waals surface area contributed by atoms with Gasteiger partial charge in [-0.3, -0.25) is 0 Å². The molecule has 0 atom stereocenters. The fourth-order valence-corrected chi connectivity index (χ4v) is 1.96. The summed E-state index contributed by atoms with van der Waals surface area (Å²) >= 11 is 12.0. The lowest BCUT2D eigenvalue weighted by molar-refractivity contribution is 1.06. The van der Waals surface area contributed by atoms with Gasteiger partial charge in [0.05, 0.1) is 10.7 Å². The highest BCUT2D eigenvalue weighted by atomic mass is 35.5. The monoisotopic (exact) mass is 267 g/mol. The summed E-state index contributed by atoms with van der Waals surface area (Å²) < 4.78 is 0. The van der Waals surface area contributed by atoms with Gasteiger partial charge in [-0.15, -0.1) is 0 Å². The topological polar surface area (TPSA) is 37.8 Å². The lowest BCUT2D eigenvalue weighted by atomic mass is 10.2. The molecule has 3 nitrogen and oxygen atoms in total. The molecule has 0 saturated heterocycles. The molecule has 1 N–H and O–H groups in total. The number of halogens is 2. The number of aryl methyl sites for hydroxylation is 2. The van der Waals surface area contributed by atoms with Gasteiger partial charge in [0.15, 0.2) is 0 Å². The van der Waals surface area contributed by atoms with Gasteiger partial charge in [0.25, 0.3) is 0 Å². The Morgan fingerprint density at radius 3 is 2.47 bits per heavy atom. The molecule has 5 heteroatoms. The molecule has 88 valence electrons. The number of benzene rings is 1. The van der Waals surface area contributed by atoms with Crippen molar-refractivity contribution in [1.29, 1.82) is 0 Å². The lowest BCUT2D eigenvalue weighted by Gasteiger charge is -2.08. The molecule has 0 spiro atoms. The minimum atomic E-state index is 0.406. The third-order valence-electron chi connectivity index (χ3n) is 2.19. The van der Waals surface area contributed by atoms with Gasteiger partial charge in [0, 0.05) is 6.07 Å². The number of anilines is 2. The zero-order valence-electron chi connectivity index (χ0n) is 9.46. The Hall–Kier alpha value is -1.32. The summed E-state index contributed by atoms with van der Waals surface area (Å²) in [6.07, 6.45) is 0. The number of hydrogen-bond donors (Lipinski definition) is 1. The highest BCUT2D eigenvalue weighted by Gasteiger charge is 2.04. The minimum absolute atomic E-state index is 0.406. The van der Waals surface area contributed by atoms with Gasteiger partial charge >= 0.3 is 0 Å². The fourth-order valence-electron chi connectivity index (χ4n) is 1.45. The molecule has 0 amide bonds. The summed E-state index contributed by atoms with van der Waals surface area (Å²) in [7, 11) is 0. The lowest BCUT2D eigenvalue weighted by Crippen LogP contribution is -1.97. The molecule has 1 aromatic carbocycles. The van der Waals surface area contributed by atoms with Crippen LogP contribution in [0.15, 0.2) is 24.3 Å². The highest BCUT2D eigenvalue weighted by Crippen LogP contribution is 2.26. The van der Waals surface area contributed by atoms with Crippen molar-refractivity contribution < 1.29 is 0 Å². The van der Waals surface area contributed by atoms with Gasteiger partial charge in [0.2, 0.25) is 0 Å². The second-order valence-corrected chi connectivity index (χ2v) is 4.53. The van der Waals surface area contributed by atoms with E-state index < -0.39 is 0 Å². The average molecular weight is 268 g/mol. The number of rotatable bonds is 2. The van der Waals surface area contributed by atoms with Crippen molar-refractivity contribution in [2.75, 3.05) is 5.32 Å². The van der Waals surface area contributed by atoms with Crippen LogP contribution in [0.5, 0.6) is 0 Å². The van der Waals surface area contributed by atoms with E-state index in [2.05, 4.69) is 15.3 Å². The summed E-state index contributed by atoms with van der Waals surface area (Å²) in [5, 5.41) is 4.17. The van der Waals surface area contributed by atoms with Gasteiger partial charge in [-0.1, -0.05) is 29.3 Å². The summed E-state index contributed by atoms with van der Waals surface area (Å²) in [4.78, 5) is 8.22. The first-order valence-corrected chi connectivity index (χ1v) is 5.84. The van der Waals surface area contributed by atoms with Gasteiger partial charge in [0.1, 0.15) is 16.8 Å². The maximum Gasteiger partial charge on any atom is 0.135 e. The van der Waals surface area contributed by atoms with Crippen LogP contribution in [0.2, 0.25) is 10.2 Å². The fraction of sp³-hybridized carbons (Fsp3) is 0.167. The van der Waals surface area contributed by atoms with Crippen molar-refractivity contribution in [2.24, 2.45) is 0 Å². The largest absolute Gasteiger partial charge is 0.339 e. The minimum Gasteiger partial charge on any atom is -0.339 e. The maximum atomic E-state index is 6.12. The van der Waals surface area contributed by atoms with Crippen LogP contribution in [-0.2, 0) is 0 Å². The molecule has 0 aliphatic carbocycles. The summed E-state index contributed by atoms with van der Waals surface area (Å²) in [5.74, 6) is 1.25. The van der Waals surface area contributed by atoms with Crippen molar-refractivity contribution >= 4 is 34.7 Å². The van der Waals surface area contributed by atoms with Gasteiger partial charge < -0.3 is 5.32 Å². The quantitative estimate of drug-likeness (QED) is 0.831. The molecule has 0 aliphatic heterocycles. The predicted octanol–water partition coefficient (Wildman–Crippen LogP) is 4.14. The molecule has 0 unspecified atom stereocenters. The molecular formula is C12H11Cl2N3. The first kappa shape index (κ1) is 12.1. The zero-order chi connectivity index (χ0) is 12.4.